The molecule has 154 valence electrons. The minimum Gasteiger partial charge on any atom is -0.465 e. The van der Waals surface area contributed by atoms with Gasteiger partial charge in [-0.3, -0.25) is 0 Å². The van der Waals surface area contributed by atoms with Gasteiger partial charge in [-0.15, -0.1) is 0 Å². The number of aromatic nitrogens is 1. The number of halogens is 1. The Morgan fingerprint density at radius 1 is 1.00 bits per heavy atom. The number of anilines is 2. The number of esters is 1. The molecule has 1 aliphatic rings. The average Bonchev–Trinajstić information content (AvgIpc) is 2.82. The fraction of sp³-hybridized carbons (Fsp3) is 0.154. The van der Waals surface area contributed by atoms with Gasteiger partial charge in [-0.2, -0.15) is 0 Å². The van der Waals surface area contributed by atoms with Gasteiger partial charge in [0.25, 0.3) is 0 Å². The molecule has 0 atom stereocenters. The SMILES string of the molecule is COC(=O)c1ccc2nc(-c3ccc(F)cc3)c(N3CCCc4ccccc43)cc2c1. The first-order chi connectivity index (χ1) is 15.1. The number of hydrogen-bond donors (Lipinski definition) is 0. The van der Waals surface area contributed by atoms with Crippen LogP contribution in [0.3, 0.4) is 0 Å². The van der Waals surface area contributed by atoms with E-state index in [0.717, 1.165) is 52.9 Å². The first-order valence-corrected chi connectivity index (χ1v) is 10.3. The van der Waals surface area contributed by atoms with Gasteiger partial charge in [0.1, 0.15) is 5.82 Å². The molecule has 0 radical (unpaired) electrons. The van der Waals surface area contributed by atoms with E-state index < -0.39 is 0 Å². The maximum atomic E-state index is 13.6. The lowest BCUT2D eigenvalue weighted by Crippen LogP contribution is -2.25. The van der Waals surface area contributed by atoms with Crippen molar-refractivity contribution in [1.29, 1.82) is 0 Å². The van der Waals surface area contributed by atoms with E-state index >= 15 is 0 Å². The highest BCUT2D eigenvalue weighted by molar-refractivity contribution is 5.97. The van der Waals surface area contributed by atoms with Crippen molar-refractivity contribution in [2.24, 2.45) is 0 Å². The van der Waals surface area contributed by atoms with Crippen LogP contribution in [0.1, 0.15) is 22.3 Å². The van der Waals surface area contributed by atoms with Gasteiger partial charge in [0.2, 0.25) is 0 Å². The second kappa shape index (κ2) is 7.84. The lowest BCUT2D eigenvalue weighted by molar-refractivity contribution is 0.0601. The van der Waals surface area contributed by atoms with Crippen LogP contribution < -0.4 is 4.90 Å². The summed E-state index contributed by atoms with van der Waals surface area (Å²) in [5.74, 6) is -0.661. The van der Waals surface area contributed by atoms with Gasteiger partial charge >= 0.3 is 5.97 Å². The van der Waals surface area contributed by atoms with Gasteiger partial charge in [-0.1, -0.05) is 18.2 Å². The summed E-state index contributed by atoms with van der Waals surface area (Å²) in [5.41, 5.74) is 6.27. The molecule has 2 heterocycles. The van der Waals surface area contributed by atoms with Gasteiger partial charge in [0, 0.05) is 23.2 Å². The fourth-order valence-electron chi connectivity index (χ4n) is 4.22. The highest BCUT2D eigenvalue weighted by Crippen LogP contribution is 2.40. The van der Waals surface area contributed by atoms with Gasteiger partial charge in [0.05, 0.1) is 29.6 Å². The fourth-order valence-corrected chi connectivity index (χ4v) is 4.22. The zero-order valence-electron chi connectivity index (χ0n) is 17.1. The van der Waals surface area contributed by atoms with E-state index in [9.17, 15) is 9.18 Å². The number of benzene rings is 3. The van der Waals surface area contributed by atoms with Crippen LogP contribution in [0.15, 0.2) is 72.8 Å². The number of para-hydroxylation sites is 1. The monoisotopic (exact) mass is 412 g/mol. The largest absolute Gasteiger partial charge is 0.465 e. The molecule has 0 fully saturated rings. The van der Waals surface area contributed by atoms with Crippen LogP contribution in [0.4, 0.5) is 15.8 Å². The Hall–Kier alpha value is -3.73. The topological polar surface area (TPSA) is 42.4 Å². The Bertz CT molecular complexity index is 1280. The van der Waals surface area contributed by atoms with Crippen molar-refractivity contribution in [3.05, 3.63) is 89.7 Å². The van der Waals surface area contributed by atoms with Crippen LogP contribution in [0.5, 0.6) is 0 Å². The molecule has 0 spiro atoms. The van der Waals surface area contributed by atoms with Crippen LogP contribution in [0.25, 0.3) is 22.2 Å². The van der Waals surface area contributed by atoms with Crippen molar-refractivity contribution in [2.45, 2.75) is 12.8 Å². The van der Waals surface area contributed by atoms with Crippen LogP contribution in [-0.2, 0) is 11.2 Å². The maximum Gasteiger partial charge on any atom is 0.337 e. The van der Waals surface area contributed by atoms with Gasteiger partial charge in [-0.25, -0.2) is 14.2 Å². The Kier molecular flexibility index (Phi) is 4.86. The number of carbonyl (C=O) groups excluding carboxylic acids is 1. The zero-order valence-corrected chi connectivity index (χ0v) is 17.1. The van der Waals surface area contributed by atoms with Crippen LogP contribution >= 0.6 is 0 Å². The molecule has 0 amide bonds. The van der Waals surface area contributed by atoms with Crippen LogP contribution in [0, 0.1) is 5.82 Å². The molecule has 0 saturated carbocycles. The van der Waals surface area contributed by atoms with E-state index in [1.807, 2.05) is 18.2 Å². The number of pyridine rings is 1. The smallest absolute Gasteiger partial charge is 0.337 e. The second-order valence-electron chi connectivity index (χ2n) is 7.65. The number of hydrogen-bond acceptors (Lipinski definition) is 4. The zero-order chi connectivity index (χ0) is 21.4. The number of rotatable bonds is 3. The van der Waals surface area contributed by atoms with Crippen molar-refractivity contribution >= 4 is 28.2 Å². The average molecular weight is 412 g/mol. The van der Waals surface area contributed by atoms with E-state index in [4.69, 9.17) is 9.72 Å². The molecular formula is C26H21FN2O2. The molecule has 4 nitrogen and oxygen atoms in total. The van der Waals surface area contributed by atoms with Crippen molar-refractivity contribution in [2.75, 3.05) is 18.6 Å². The highest BCUT2D eigenvalue weighted by Gasteiger charge is 2.22. The third-order valence-corrected chi connectivity index (χ3v) is 5.73. The number of methoxy groups -OCH3 is 1. The number of fused-ring (bicyclic) bond motifs is 2. The van der Waals surface area contributed by atoms with Crippen molar-refractivity contribution in [3.63, 3.8) is 0 Å². The van der Waals surface area contributed by atoms with Crippen LogP contribution in [0.2, 0.25) is 0 Å². The summed E-state index contributed by atoms with van der Waals surface area (Å²) in [6.45, 7) is 0.856. The standard InChI is InChI=1S/C26H21FN2O2/c1-31-26(30)19-10-13-22-20(15-19)16-24(25(28-22)18-8-11-21(27)12-9-18)29-14-4-6-17-5-2-3-7-23(17)29/h2-3,5,7-13,15-16H,4,6,14H2,1H3. The molecule has 3 aromatic carbocycles. The first-order valence-electron chi connectivity index (χ1n) is 10.3. The molecule has 31 heavy (non-hydrogen) atoms. The van der Waals surface area contributed by atoms with Crippen molar-refractivity contribution in [1.82, 2.24) is 4.98 Å². The van der Waals surface area contributed by atoms with Crippen molar-refractivity contribution < 1.29 is 13.9 Å². The lowest BCUT2D eigenvalue weighted by Gasteiger charge is -2.32. The number of carbonyl (C=O) groups is 1. The summed E-state index contributed by atoms with van der Waals surface area (Å²) in [6.07, 6.45) is 2.06. The number of ether oxygens (including phenoxy) is 1. The van der Waals surface area contributed by atoms with E-state index in [0.29, 0.717) is 5.56 Å². The minimum atomic E-state index is -0.380. The molecule has 4 aromatic rings. The minimum absolute atomic E-state index is 0.280. The summed E-state index contributed by atoms with van der Waals surface area (Å²) in [4.78, 5) is 19.2. The summed E-state index contributed by atoms with van der Waals surface area (Å²) in [7, 11) is 1.37. The molecular weight excluding hydrogens is 391 g/mol. The lowest BCUT2D eigenvalue weighted by atomic mass is 9.99. The molecule has 5 rings (SSSR count). The summed E-state index contributed by atoms with van der Waals surface area (Å²) < 4.78 is 18.5. The first kappa shape index (κ1) is 19.2. The predicted molar refractivity (Wildman–Crippen MR) is 120 cm³/mol. The summed E-state index contributed by atoms with van der Waals surface area (Å²) >= 11 is 0. The Balaban J connectivity index is 1.74. The number of aryl methyl sites for hydroxylation is 1. The third kappa shape index (κ3) is 3.52. The van der Waals surface area contributed by atoms with Crippen LogP contribution in [-0.4, -0.2) is 24.6 Å². The van der Waals surface area contributed by atoms with E-state index in [1.165, 1.54) is 24.8 Å². The Labute approximate surface area is 179 Å². The molecule has 5 heteroatoms. The van der Waals surface area contributed by atoms with E-state index in [2.05, 4.69) is 29.2 Å². The normalized spacial score (nSPS) is 13.2. The molecule has 0 unspecified atom stereocenters. The molecule has 0 bridgehead atoms. The second-order valence-corrected chi connectivity index (χ2v) is 7.65. The summed E-state index contributed by atoms with van der Waals surface area (Å²) in [6, 6.07) is 22.2. The Morgan fingerprint density at radius 2 is 1.81 bits per heavy atom. The molecule has 0 saturated heterocycles. The summed E-state index contributed by atoms with van der Waals surface area (Å²) in [5, 5.41) is 0.854. The number of nitrogens with zero attached hydrogens (tertiary/aromatic N) is 2. The maximum absolute atomic E-state index is 13.6. The van der Waals surface area contributed by atoms with Gasteiger partial charge < -0.3 is 9.64 Å². The quantitative estimate of drug-likeness (QED) is 0.392. The van der Waals surface area contributed by atoms with E-state index in [1.54, 1.807) is 18.2 Å². The highest BCUT2D eigenvalue weighted by atomic mass is 19.1. The van der Waals surface area contributed by atoms with Gasteiger partial charge in [0.15, 0.2) is 0 Å². The third-order valence-electron chi connectivity index (χ3n) is 5.73. The van der Waals surface area contributed by atoms with Crippen molar-refractivity contribution in [3.8, 4) is 11.3 Å². The molecule has 0 aliphatic carbocycles. The molecule has 0 N–H and O–H groups in total. The molecule has 1 aromatic heterocycles. The molecule has 1 aliphatic heterocycles. The Morgan fingerprint density at radius 3 is 2.61 bits per heavy atom. The van der Waals surface area contributed by atoms with Gasteiger partial charge in [-0.05, 0) is 73.0 Å². The van der Waals surface area contributed by atoms with E-state index in [-0.39, 0.29) is 11.8 Å². The predicted octanol–water partition coefficient (Wildman–Crippen LogP) is 5.91.